The highest BCUT2D eigenvalue weighted by molar-refractivity contribution is 5.94. The summed E-state index contributed by atoms with van der Waals surface area (Å²) in [6.07, 6.45) is 1.83. The average molecular weight is 395 g/mol. The van der Waals surface area contributed by atoms with Crippen molar-refractivity contribution in [2.45, 2.75) is 33.6 Å². The van der Waals surface area contributed by atoms with Crippen LogP contribution >= 0.6 is 0 Å². The SMILES string of the molecule is CCc1cccc(CC)c1NC(=O)C[NH+]1CCN(c2ccc(C(C)=O)cc2)CC1. The number of piperazine rings is 1. The van der Waals surface area contributed by atoms with E-state index in [9.17, 15) is 9.59 Å². The summed E-state index contributed by atoms with van der Waals surface area (Å²) in [5, 5.41) is 3.18. The number of anilines is 2. The van der Waals surface area contributed by atoms with Gasteiger partial charge in [-0.2, -0.15) is 0 Å². The Labute approximate surface area is 173 Å². The highest BCUT2D eigenvalue weighted by Gasteiger charge is 2.23. The summed E-state index contributed by atoms with van der Waals surface area (Å²) in [5.41, 5.74) is 5.29. The minimum atomic E-state index is 0.0905. The molecule has 1 saturated heterocycles. The number of carbonyl (C=O) groups excluding carboxylic acids is 2. The molecule has 0 unspecified atom stereocenters. The molecule has 1 heterocycles. The zero-order chi connectivity index (χ0) is 20.8. The molecule has 3 rings (SSSR count). The maximum absolute atomic E-state index is 12.7. The lowest BCUT2D eigenvalue weighted by atomic mass is 10.0. The van der Waals surface area contributed by atoms with Gasteiger partial charge in [-0.1, -0.05) is 32.0 Å². The van der Waals surface area contributed by atoms with Crippen LogP contribution in [0.4, 0.5) is 11.4 Å². The fourth-order valence-electron chi connectivity index (χ4n) is 3.98. The van der Waals surface area contributed by atoms with E-state index in [1.807, 2.05) is 24.3 Å². The van der Waals surface area contributed by atoms with Gasteiger partial charge in [-0.05, 0) is 55.2 Å². The second-order valence-electron chi connectivity index (χ2n) is 7.72. The Morgan fingerprint density at radius 2 is 1.55 bits per heavy atom. The summed E-state index contributed by atoms with van der Waals surface area (Å²) in [6.45, 7) is 10.0. The third kappa shape index (κ3) is 5.24. The number of Topliss-reactive ketones (excluding diaryl/α,β-unsaturated/α-hetero) is 1. The molecule has 0 radical (unpaired) electrons. The molecule has 0 aromatic heterocycles. The molecule has 154 valence electrons. The molecule has 0 bridgehead atoms. The lowest BCUT2D eigenvalue weighted by Crippen LogP contribution is -3.15. The highest BCUT2D eigenvalue weighted by Crippen LogP contribution is 2.22. The fraction of sp³-hybridized carbons (Fsp3) is 0.417. The molecular formula is C24H32N3O2+. The quantitative estimate of drug-likeness (QED) is 0.709. The van der Waals surface area contributed by atoms with E-state index in [4.69, 9.17) is 0 Å². The molecule has 2 aromatic carbocycles. The Morgan fingerprint density at radius 1 is 0.966 bits per heavy atom. The Hall–Kier alpha value is -2.66. The first-order valence-electron chi connectivity index (χ1n) is 10.6. The molecule has 0 atom stereocenters. The summed E-state index contributed by atoms with van der Waals surface area (Å²) < 4.78 is 0. The van der Waals surface area contributed by atoms with E-state index in [1.165, 1.54) is 16.0 Å². The van der Waals surface area contributed by atoms with E-state index in [2.05, 4.69) is 42.3 Å². The molecule has 0 aliphatic carbocycles. The number of rotatable bonds is 7. The first-order chi connectivity index (χ1) is 14.0. The Bertz CT molecular complexity index is 831. The number of aryl methyl sites for hydroxylation is 2. The second-order valence-corrected chi connectivity index (χ2v) is 7.72. The molecular weight excluding hydrogens is 362 g/mol. The number of carbonyl (C=O) groups is 2. The Morgan fingerprint density at radius 3 is 2.07 bits per heavy atom. The van der Waals surface area contributed by atoms with Crippen LogP contribution in [0, 0.1) is 0 Å². The molecule has 5 nitrogen and oxygen atoms in total. The normalized spacial score (nSPS) is 14.7. The van der Waals surface area contributed by atoms with Gasteiger partial charge in [0.2, 0.25) is 0 Å². The Balaban J connectivity index is 1.54. The second kappa shape index (κ2) is 9.70. The summed E-state index contributed by atoms with van der Waals surface area (Å²) >= 11 is 0. The molecule has 1 amide bonds. The van der Waals surface area contributed by atoms with E-state index < -0.39 is 0 Å². The molecule has 2 aromatic rings. The lowest BCUT2D eigenvalue weighted by molar-refractivity contribution is -0.892. The number of para-hydroxylation sites is 1. The van der Waals surface area contributed by atoms with E-state index >= 15 is 0 Å². The van der Waals surface area contributed by atoms with Gasteiger partial charge in [-0.25, -0.2) is 0 Å². The number of quaternary nitrogens is 1. The first kappa shape index (κ1) is 21.1. The summed E-state index contributed by atoms with van der Waals surface area (Å²) in [4.78, 5) is 27.8. The third-order valence-electron chi connectivity index (χ3n) is 5.78. The average Bonchev–Trinajstić information content (AvgIpc) is 2.74. The van der Waals surface area contributed by atoms with E-state index in [0.29, 0.717) is 6.54 Å². The van der Waals surface area contributed by atoms with Crippen LogP contribution < -0.4 is 15.1 Å². The largest absolute Gasteiger partial charge is 0.360 e. The predicted molar refractivity (Wildman–Crippen MR) is 118 cm³/mol. The van der Waals surface area contributed by atoms with Gasteiger partial charge in [0.25, 0.3) is 5.91 Å². The predicted octanol–water partition coefficient (Wildman–Crippen LogP) is 2.36. The van der Waals surface area contributed by atoms with Crippen LogP contribution in [0.25, 0.3) is 0 Å². The van der Waals surface area contributed by atoms with Crippen LogP contribution in [0.1, 0.15) is 42.3 Å². The van der Waals surface area contributed by atoms with Crippen molar-refractivity contribution in [1.29, 1.82) is 0 Å². The number of nitrogens with zero attached hydrogens (tertiary/aromatic N) is 1. The number of ketones is 1. The van der Waals surface area contributed by atoms with Gasteiger partial charge in [0, 0.05) is 16.9 Å². The minimum absolute atomic E-state index is 0.0905. The number of hydrogen-bond donors (Lipinski definition) is 2. The van der Waals surface area contributed by atoms with Crippen molar-refractivity contribution >= 4 is 23.1 Å². The zero-order valence-electron chi connectivity index (χ0n) is 17.8. The fourth-order valence-corrected chi connectivity index (χ4v) is 3.98. The van der Waals surface area contributed by atoms with Crippen molar-refractivity contribution in [3.8, 4) is 0 Å². The van der Waals surface area contributed by atoms with Crippen molar-refractivity contribution in [3.63, 3.8) is 0 Å². The molecule has 1 aliphatic rings. The van der Waals surface area contributed by atoms with Gasteiger partial charge in [0.15, 0.2) is 12.3 Å². The van der Waals surface area contributed by atoms with Crippen molar-refractivity contribution in [3.05, 3.63) is 59.2 Å². The Kier molecular flexibility index (Phi) is 7.04. The topological polar surface area (TPSA) is 53.9 Å². The van der Waals surface area contributed by atoms with Gasteiger partial charge in [-0.3, -0.25) is 9.59 Å². The van der Waals surface area contributed by atoms with Gasteiger partial charge in [0.05, 0.1) is 26.2 Å². The number of nitrogens with one attached hydrogen (secondary N) is 2. The molecule has 1 fully saturated rings. The van der Waals surface area contributed by atoms with Crippen LogP contribution in [0.3, 0.4) is 0 Å². The van der Waals surface area contributed by atoms with Crippen molar-refractivity contribution in [2.24, 2.45) is 0 Å². The maximum Gasteiger partial charge on any atom is 0.279 e. The molecule has 1 aliphatic heterocycles. The minimum Gasteiger partial charge on any atom is -0.360 e. The maximum atomic E-state index is 12.7. The molecule has 5 heteroatoms. The van der Waals surface area contributed by atoms with Gasteiger partial charge in [-0.15, -0.1) is 0 Å². The van der Waals surface area contributed by atoms with Crippen molar-refractivity contribution in [1.82, 2.24) is 0 Å². The number of benzene rings is 2. The molecule has 0 spiro atoms. The smallest absolute Gasteiger partial charge is 0.279 e. The summed E-state index contributed by atoms with van der Waals surface area (Å²) in [6, 6.07) is 14.1. The summed E-state index contributed by atoms with van der Waals surface area (Å²) in [7, 11) is 0. The van der Waals surface area contributed by atoms with E-state index in [-0.39, 0.29) is 11.7 Å². The zero-order valence-corrected chi connectivity index (χ0v) is 17.8. The number of amides is 1. The highest BCUT2D eigenvalue weighted by atomic mass is 16.2. The van der Waals surface area contributed by atoms with Gasteiger partial charge >= 0.3 is 0 Å². The summed E-state index contributed by atoms with van der Waals surface area (Å²) in [5.74, 6) is 0.183. The molecule has 2 N–H and O–H groups in total. The van der Waals surface area contributed by atoms with Crippen molar-refractivity contribution in [2.75, 3.05) is 42.9 Å². The first-order valence-corrected chi connectivity index (χ1v) is 10.6. The van der Waals surface area contributed by atoms with Crippen LogP contribution in [-0.2, 0) is 17.6 Å². The van der Waals surface area contributed by atoms with E-state index in [0.717, 1.165) is 56.0 Å². The van der Waals surface area contributed by atoms with Crippen LogP contribution in [0.5, 0.6) is 0 Å². The molecule has 0 saturated carbocycles. The van der Waals surface area contributed by atoms with E-state index in [1.54, 1.807) is 6.92 Å². The monoisotopic (exact) mass is 394 g/mol. The van der Waals surface area contributed by atoms with Crippen molar-refractivity contribution < 1.29 is 14.5 Å². The standard InChI is InChI=1S/C24H31N3O2/c1-4-19-7-6-8-20(5-2)24(19)25-23(29)17-26-13-15-27(16-14-26)22-11-9-21(10-12-22)18(3)28/h6-12H,4-5,13-17H2,1-3H3,(H,25,29)/p+1. The van der Waals surface area contributed by atoms with Crippen LogP contribution in [0.15, 0.2) is 42.5 Å². The number of hydrogen-bond acceptors (Lipinski definition) is 3. The van der Waals surface area contributed by atoms with Gasteiger partial charge in [0.1, 0.15) is 0 Å². The lowest BCUT2D eigenvalue weighted by Gasteiger charge is -2.33. The van der Waals surface area contributed by atoms with Crippen LogP contribution in [-0.4, -0.2) is 44.4 Å². The van der Waals surface area contributed by atoms with Gasteiger partial charge < -0.3 is 15.1 Å². The third-order valence-corrected chi connectivity index (χ3v) is 5.78. The van der Waals surface area contributed by atoms with Crippen LogP contribution in [0.2, 0.25) is 0 Å². The molecule has 29 heavy (non-hydrogen) atoms.